The third-order valence-corrected chi connectivity index (χ3v) is 4.40. The van der Waals surface area contributed by atoms with Gasteiger partial charge in [0.25, 0.3) is 0 Å². The van der Waals surface area contributed by atoms with Crippen LogP contribution in [0, 0.1) is 0 Å². The van der Waals surface area contributed by atoms with Crippen molar-refractivity contribution < 1.29 is 14.3 Å². The van der Waals surface area contributed by atoms with E-state index < -0.39 is 0 Å². The van der Waals surface area contributed by atoms with Crippen molar-refractivity contribution in [3.8, 4) is 5.75 Å². The lowest BCUT2D eigenvalue weighted by Gasteiger charge is -2.23. The van der Waals surface area contributed by atoms with Crippen LogP contribution < -0.4 is 10.1 Å². The molecule has 22 heavy (non-hydrogen) atoms. The highest BCUT2D eigenvalue weighted by molar-refractivity contribution is 5.85. The van der Waals surface area contributed by atoms with Crippen LogP contribution in [0.1, 0.15) is 39.2 Å². The van der Waals surface area contributed by atoms with E-state index in [4.69, 9.17) is 9.47 Å². The molecule has 124 valence electrons. The van der Waals surface area contributed by atoms with Gasteiger partial charge in [0.05, 0.1) is 7.11 Å². The van der Waals surface area contributed by atoms with Crippen molar-refractivity contribution in [2.75, 3.05) is 13.7 Å². The van der Waals surface area contributed by atoms with Gasteiger partial charge in [-0.2, -0.15) is 0 Å². The van der Waals surface area contributed by atoms with Gasteiger partial charge in [-0.1, -0.05) is 32.9 Å². The maximum absolute atomic E-state index is 11.5. The van der Waals surface area contributed by atoms with Crippen molar-refractivity contribution >= 4 is 18.4 Å². The van der Waals surface area contributed by atoms with E-state index >= 15 is 0 Å². The lowest BCUT2D eigenvalue weighted by Crippen LogP contribution is -2.31. The maximum atomic E-state index is 11.5. The molecular weight excluding hydrogens is 302 g/mol. The first-order valence-electron chi connectivity index (χ1n) is 7.54. The summed E-state index contributed by atoms with van der Waals surface area (Å²) in [5.41, 5.74) is 1.50. The smallest absolute Gasteiger partial charge is 0.323 e. The van der Waals surface area contributed by atoms with E-state index in [-0.39, 0.29) is 35.9 Å². The minimum absolute atomic E-state index is 0. The van der Waals surface area contributed by atoms with Crippen LogP contribution in [0.25, 0.3) is 0 Å². The van der Waals surface area contributed by atoms with Gasteiger partial charge < -0.3 is 14.8 Å². The van der Waals surface area contributed by atoms with E-state index in [1.807, 2.05) is 12.1 Å². The highest BCUT2D eigenvalue weighted by Gasteiger charge is 2.31. The number of methoxy groups -OCH3 is 1. The van der Waals surface area contributed by atoms with Gasteiger partial charge in [-0.05, 0) is 29.5 Å². The fourth-order valence-corrected chi connectivity index (χ4v) is 2.50. The van der Waals surface area contributed by atoms with Crippen LogP contribution in [0.2, 0.25) is 0 Å². The molecule has 5 heteroatoms. The first-order valence-corrected chi connectivity index (χ1v) is 7.54. The SMILES string of the molecule is CCC(C)(C)c1ccc(O[C@H]2CN[C@H](C(=O)OC)C2)cc1.Cl. The van der Waals surface area contributed by atoms with Gasteiger partial charge in [-0.15, -0.1) is 12.4 Å². The van der Waals surface area contributed by atoms with Crippen LogP contribution >= 0.6 is 12.4 Å². The zero-order chi connectivity index (χ0) is 15.5. The molecule has 1 aliphatic heterocycles. The van der Waals surface area contributed by atoms with Crippen LogP contribution in [-0.4, -0.2) is 31.8 Å². The van der Waals surface area contributed by atoms with Crippen molar-refractivity contribution in [1.82, 2.24) is 5.32 Å². The van der Waals surface area contributed by atoms with Crippen LogP contribution in [0.3, 0.4) is 0 Å². The largest absolute Gasteiger partial charge is 0.489 e. The molecule has 0 bridgehead atoms. The van der Waals surface area contributed by atoms with Gasteiger partial charge in [0.1, 0.15) is 17.9 Å². The minimum Gasteiger partial charge on any atom is -0.489 e. The number of rotatable bonds is 5. The number of esters is 1. The molecule has 1 saturated heterocycles. The van der Waals surface area contributed by atoms with Gasteiger partial charge in [0.2, 0.25) is 0 Å². The molecule has 0 spiro atoms. The number of ether oxygens (including phenoxy) is 2. The summed E-state index contributed by atoms with van der Waals surface area (Å²) in [5.74, 6) is 0.629. The fraction of sp³-hybridized carbons (Fsp3) is 0.588. The van der Waals surface area contributed by atoms with Crippen LogP contribution in [-0.2, 0) is 14.9 Å². The Hall–Kier alpha value is -1.26. The second-order valence-electron chi connectivity index (χ2n) is 6.22. The molecule has 2 atom stereocenters. The number of halogens is 1. The summed E-state index contributed by atoms with van der Waals surface area (Å²) in [7, 11) is 1.41. The number of benzene rings is 1. The molecule has 2 rings (SSSR count). The van der Waals surface area contributed by atoms with Crippen molar-refractivity contribution in [3.63, 3.8) is 0 Å². The number of hydrogen-bond acceptors (Lipinski definition) is 4. The molecule has 0 radical (unpaired) electrons. The molecule has 0 unspecified atom stereocenters. The molecule has 1 aliphatic rings. The van der Waals surface area contributed by atoms with Crippen molar-refractivity contribution in [2.24, 2.45) is 0 Å². The number of carbonyl (C=O) groups excluding carboxylic acids is 1. The molecule has 0 aliphatic carbocycles. The Morgan fingerprint density at radius 1 is 1.32 bits per heavy atom. The summed E-state index contributed by atoms with van der Waals surface area (Å²) >= 11 is 0. The third-order valence-electron chi connectivity index (χ3n) is 4.40. The normalized spacial score (nSPS) is 21.1. The van der Waals surface area contributed by atoms with E-state index in [0.29, 0.717) is 13.0 Å². The fourth-order valence-electron chi connectivity index (χ4n) is 2.50. The zero-order valence-corrected chi connectivity index (χ0v) is 14.5. The summed E-state index contributed by atoms with van der Waals surface area (Å²) < 4.78 is 10.7. The third kappa shape index (κ3) is 4.37. The summed E-state index contributed by atoms with van der Waals surface area (Å²) in [6.45, 7) is 7.35. The van der Waals surface area contributed by atoms with Crippen LogP contribution in [0.5, 0.6) is 5.75 Å². The average Bonchev–Trinajstić information content (AvgIpc) is 2.95. The molecule has 1 heterocycles. The number of hydrogen-bond donors (Lipinski definition) is 1. The number of nitrogens with one attached hydrogen (secondary N) is 1. The molecule has 1 aromatic carbocycles. The second-order valence-corrected chi connectivity index (χ2v) is 6.22. The molecule has 0 amide bonds. The van der Waals surface area contributed by atoms with Gasteiger partial charge in [-0.3, -0.25) is 4.79 Å². The molecule has 4 nitrogen and oxygen atoms in total. The molecule has 1 N–H and O–H groups in total. The quantitative estimate of drug-likeness (QED) is 0.844. The van der Waals surface area contributed by atoms with E-state index in [1.165, 1.54) is 12.7 Å². The van der Waals surface area contributed by atoms with E-state index in [0.717, 1.165) is 12.2 Å². The summed E-state index contributed by atoms with van der Waals surface area (Å²) in [4.78, 5) is 11.5. The second kappa shape index (κ2) is 7.84. The molecule has 1 aromatic rings. The Morgan fingerprint density at radius 2 is 1.95 bits per heavy atom. The molecule has 0 aromatic heterocycles. The van der Waals surface area contributed by atoms with Crippen molar-refractivity contribution in [3.05, 3.63) is 29.8 Å². The standard InChI is InChI=1S/C17H25NO3.ClH/c1-5-17(2,3)12-6-8-13(9-7-12)21-14-10-15(18-11-14)16(19)20-4;/h6-9,14-15,18H,5,10-11H2,1-4H3;1H/t14-,15+;/m1./s1. The highest BCUT2D eigenvalue weighted by Crippen LogP contribution is 2.28. The van der Waals surface area contributed by atoms with E-state index in [9.17, 15) is 4.79 Å². The Balaban J connectivity index is 0.00000242. The summed E-state index contributed by atoms with van der Waals surface area (Å²) in [6.07, 6.45) is 1.76. The minimum atomic E-state index is -0.252. The monoisotopic (exact) mass is 327 g/mol. The Bertz CT molecular complexity index is 487. The Morgan fingerprint density at radius 3 is 2.50 bits per heavy atom. The highest BCUT2D eigenvalue weighted by atomic mass is 35.5. The molecular formula is C17H26ClNO3. The molecule has 0 saturated carbocycles. The Labute approximate surface area is 139 Å². The van der Waals surface area contributed by atoms with Gasteiger partial charge in [0.15, 0.2) is 0 Å². The lowest BCUT2D eigenvalue weighted by molar-refractivity contribution is -0.142. The van der Waals surface area contributed by atoms with Gasteiger partial charge >= 0.3 is 5.97 Å². The zero-order valence-electron chi connectivity index (χ0n) is 13.7. The number of carbonyl (C=O) groups is 1. The average molecular weight is 328 g/mol. The summed E-state index contributed by atoms with van der Waals surface area (Å²) in [5, 5.41) is 3.12. The molecule has 1 fully saturated rings. The van der Waals surface area contributed by atoms with E-state index in [1.54, 1.807) is 0 Å². The van der Waals surface area contributed by atoms with Crippen molar-refractivity contribution in [1.29, 1.82) is 0 Å². The van der Waals surface area contributed by atoms with Gasteiger partial charge in [-0.25, -0.2) is 0 Å². The van der Waals surface area contributed by atoms with E-state index in [2.05, 4.69) is 38.2 Å². The van der Waals surface area contributed by atoms with Gasteiger partial charge in [0, 0.05) is 13.0 Å². The lowest BCUT2D eigenvalue weighted by atomic mass is 9.82. The Kier molecular flexibility index (Phi) is 6.69. The predicted molar refractivity (Wildman–Crippen MR) is 89.8 cm³/mol. The predicted octanol–water partition coefficient (Wildman–Crippen LogP) is 3.08. The van der Waals surface area contributed by atoms with Crippen molar-refractivity contribution in [2.45, 2.75) is 51.2 Å². The first kappa shape index (κ1) is 18.8. The van der Waals surface area contributed by atoms with Crippen LogP contribution in [0.15, 0.2) is 24.3 Å². The topological polar surface area (TPSA) is 47.6 Å². The first-order chi connectivity index (χ1) is 9.96. The maximum Gasteiger partial charge on any atom is 0.323 e. The summed E-state index contributed by atoms with van der Waals surface area (Å²) in [6, 6.07) is 8.02. The van der Waals surface area contributed by atoms with Crippen LogP contribution in [0.4, 0.5) is 0 Å².